The van der Waals surface area contributed by atoms with Crippen LogP contribution in [0.3, 0.4) is 0 Å². The van der Waals surface area contributed by atoms with Gasteiger partial charge in [-0.05, 0) is 37.1 Å². The topological polar surface area (TPSA) is 160 Å². The number of hydrogen-bond donors (Lipinski definition) is 4. The Morgan fingerprint density at radius 1 is 1.03 bits per heavy atom. The van der Waals surface area contributed by atoms with Crippen molar-refractivity contribution in [1.29, 1.82) is 0 Å². The van der Waals surface area contributed by atoms with Crippen LogP contribution in [0.1, 0.15) is 45.4 Å². The van der Waals surface area contributed by atoms with Crippen molar-refractivity contribution in [3.63, 3.8) is 0 Å². The van der Waals surface area contributed by atoms with E-state index in [0.717, 1.165) is 32.1 Å². The summed E-state index contributed by atoms with van der Waals surface area (Å²) < 4.78 is 31.5. The van der Waals surface area contributed by atoms with E-state index in [2.05, 4.69) is 20.7 Å². The highest BCUT2D eigenvalue weighted by atomic mass is 32.2. The number of urea groups is 1. The lowest BCUT2D eigenvalue weighted by Crippen LogP contribution is -2.46. The van der Waals surface area contributed by atoms with Crippen molar-refractivity contribution in [2.24, 2.45) is 0 Å². The summed E-state index contributed by atoms with van der Waals surface area (Å²) in [7, 11) is -3.87. The third kappa shape index (κ3) is 9.02. The maximum atomic E-state index is 12.2. The molecule has 1 aromatic rings. The minimum absolute atomic E-state index is 0.0359. The van der Waals surface area contributed by atoms with Gasteiger partial charge in [-0.2, -0.15) is 0 Å². The Balaban J connectivity index is 1.67. The average molecular weight is 469 g/mol. The van der Waals surface area contributed by atoms with Crippen molar-refractivity contribution >= 4 is 39.5 Å². The number of amides is 4. The Morgan fingerprint density at radius 2 is 1.69 bits per heavy atom. The number of imide groups is 1. The monoisotopic (exact) mass is 468 g/mol. The molecule has 0 aliphatic heterocycles. The average Bonchev–Trinajstić information content (AvgIpc) is 2.73. The number of sulfonamides is 1. The first-order chi connectivity index (χ1) is 15.2. The number of benzene rings is 1. The zero-order chi connectivity index (χ0) is 23.6. The molecule has 1 saturated carbocycles. The van der Waals surface area contributed by atoms with Gasteiger partial charge in [0.2, 0.25) is 15.9 Å². The van der Waals surface area contributed by atoms with Gasteiger partial charge in [0.15, 0.2) is 6.61 Å². The normalized spacial score (nSPS) is 14.3. The molecule has 1 aromatic carbocycles. The minimum atomic E-state index is -3.87. The fourth-order valence-electron chi connectivity index (χ4n) is 3.14. The Kier molecular flexibility index (Phi) is 9.60. The zero-order valence-corrected chi connectivity index (χ0v) is 18.6. The summed E-state index contributed by atoms with van der Waals surface area (Å²) in [5, 5.41) is 7.33. The summed E-state index contributed by atoms with van der Waals surface area (Å²) in [4.78, 5) is 46.2. The van der Waals surface area contributed by atoms with Crippen LogP contribution in [0, 0.1) is 0 Å². The maximum absolute atomic E-state index is 12.2. The SMILES string of the molecule is CC(=O)Nc1ccc(S(=O)(=O)NCCC(=O)OCC(=O)NC(=O)NC2CCCCC2)cc1. The second-order valence-electron chi connectivity index (χ2n) is 7.37. The quantitative estimate of drug-likeness (QED) is 0.394. The van der Waals surface area contributed by atoms with Crippen LogP contribution in [0.25, 0.3) is 0 Å². The second kappa shape index (κ2) is 12.2. The van der Waals surface area contributed by atoms with Crippen LogP contribution >= 0.6 is 0 Å². The van der Waals surface area contributed by atoms with Gasteiger partial charge in [-0.15, -0.1) is 0 Å². The summed E-state index contributed by atoms with van der Waals surface area (Å²) in [6.45, 7) is 0.452. The fourth-order valence-corrected chi connectivity index (χ4v) is 4.17. The molecule has 0 bridgehead atoms. The Morgan fingerprint density at radius 3 is 2.31 bits per heavy atom. The first-order valence-electron chi connectivity index (χ1n) is 10.3. The number of anilines is 1. The molecular formula is C20H28N4O7S. The van der Waals surface area contributed by atoms with E-state index in [1.54, 1.807) is 0 Å². The van der Waals surface area contributed by atoms with Crippen LogP contribution in [0.4, 0.5) is 10.5 Å². The lowest BCUT2D eigenvalue weighted by atomic mass is 9.96. The Labute approximate surface area is 186 Å². The van der Waals surface area contributed by atoms with E-state index in [1.165, 1.54) is 31.2 Å². The van der Waals surface area contributed by atoms with Crippen molar-refractivity contribution in [3.05, 3.63) is 24.3 Å². The molecular weight excluding hydrogens is 440 g/mol. The molecule has 4 amide bonds. The number of hydrogen-bond acceptors (Lipinski definition) is 7. The molecule has 32 heavy (non-hydrogen) atoms. The Bertz CT molecular complexity index is 926. The highest BCUT2D eigenvalue weighted by Gasteiger charge is 2.18. The molecule has 1 fully saturated rings. The third-order valence-electron chi connectivity index (χ3n) is 4.66. The molecule has 0 unspecified atom stereocenters. The van der Waals surface area contributed by atoms with Crippen LogP contribution in [0.5, 0.6) is 0 Å². The molecule has 176 valence electrons. The van der Waals surface area contributed by atoms with Gasteiger partial charge < -0.3 is 15.4 Å². The molecule has 4 N–H and O–H groups in total. The van der Waals surface area contributed by atoms with Gasteiger partial charge in [0, 0.05) is 25.2 Å². The summed E-state index contributed by atoms with van der Waals surface area (Å²) in [5.41, 5.74) is 0.450. The summed E-state index contributed by atoms with van der Waals surface area (Å²) in [5.74, 6) is -1.85. The molecule has 1 aliphatic rings. The highest BCUT2D eigenvalue weighted by Crippen LogP contribution is 2.17. The number of rotatable bonds is 9. The van der Waals surface area contributed by atoms with Crippen LogP contribution in [0.2, 0.25) is 0 Å². The lowest BCUT2D eigenvalue weighted by molar-refractivity contribution is -0.148. The molecule has 0 heterocycles. The predicted octanol–water partition coefficient (Wildman–Crippen LogP) is 1.02. The fraction of sp³-hybridized carbons (Fsp3) is 0.500. The molecule has 11 nitrogen and oxygen atoms in total. The summed E-state index contributed by atoms with van der Waals surface area (Å²) in [6.07, 6.45) is 4.63. The molecule has 1 aliphatic carbocycles. The number of carbonyl (C=O) groups excluding carboxylic acids is 4. The number of carbonyl (C=O) groups is 4. The van der Waals surface area contributed by atoms with Crippen molar-refractivity contribution in [2.75, 3.05) is 18.5 Å². The number of ether oxygens (including phenoxy) is 1. The van der Waals surface area contributed by atoms with Gasteiger partial charge in [0.05, 0.1) is 11.3 Å². The maximum Gasteiger partial charge on any atom is 0.321 e. The number of nitrogens with one attached hydrogen (secondary N) is 4. The van der Waals surface area contributed by atoms with Crippen molar-refractivity contribution in [1.82, 2.24) is 15.4 Å². The van der Waals surface area contributed by atoms with Gasteiger partial charge >= 0.3 is 12.0 Å². The van der Waals surface area contributed by atoms with Gasteiger partial charge in [-0.1, -0.05) is 19.3 Å². The number of esters is 1. The first-order valence-corrected chi connectivity index (χ1v) is 11.8. The van der Waals surface area contributed by atoms with Gasteiger partial charge in [0.1, 0.15) is 0 Å². The van der Waals surface area contributed by atoms with E-state index in [9.17, 15) is 27.6 Å². The van der Waals surface area contributed by atoms with Gasteiger partial charge in [-0.3, -0.25) is 19.7 Å². The van der Waals surface area contributed by atoms with Crippen LogP contribution < -0.4 is 20.7 Å². The van der Waals surface area contributed by atoms with Gasteiger partial charge in [0.25, 0.3) is 5.91 Å². The van der Waals surface area contributed by atoms with Crippen LogP contribution in [-0.4, -0.2) is 51.4 Å². The summed E-state index contributed by atoms with van der Waals surface area (Å²) >= 11 is 0. The van der Waals surface area contributed by atoms with Crippen molar-refractivity contribution in [2.45, 2.75) is 56.4 Å². The smallest absolute Gasteiger partial charge is 0.321 e. The predicted molar refractivity (Wildman–Crippen MR) is 115 cm³/mol. The molecule has 0 spiro atoms. The molecule has 0 radical (unpaired) electrons. The molecule has 12 heteroatoms. The molecule has 2 rings (SSSR count). The lowest BCUT2D eigenvalue weighted by Gasteiger charge is -2.22. The third-order valence-corrected chi connectivity index (χ3v) is 6.14. The largest absolute Gasteiger partial charge is 0.456 e. The molecule has 0 atom stereocenters. The standard InChI is InChI=1S/C20H28N4O7S/c1-14(25)22-16-7-9-17(10-8-16)32(29,30)21-12-11-19(27)31-13-18(26)24-20(28)23-15-5-3-2-4-6-15/h7-10,15,21H,2-6,11-13H2,1H3,(H,22,25)(H2,23,24,26,28). The Hall–Kier alpha value is -2.99. The zero-order valence-electron chi connectivity index (χ0n) is 17.8. The van der Waals surface area contributed by atoms with E-state index in [4.69, 9.17) is 4.74 Å². The molecule has 0 saturated heterocycles. The van der Waals surface area contributed by atoms with Crippen molar-refractivity contribution in [3.8, 4) is 0 Å². The van der Waals surface area contributed by atoms with E-state index in [1.807, 2.05) is 0 Å². The molecule has 0 aromatic heterocycles. The van der Waals surface area contributed by atoms with Crippen molar-refractivity contribution < 1.29 is 32.3 Å². The van der Waals surface area contributed by atoms with E-state index >= 15 is 0 Å². The van der Waals surface area contributed by atoms with E-state index < -0.39 is 34.5 Å². The van der Waals surface area contributed by atoms with E-state index in [-0.39, 0.29) is 29.8 Å². The highest BCUT2D eigenvalue weighted by molar-refractivity contribution is 7.89. The van der Waals surface area contributed by atoms with Crippen LogP contribution in [-0.2, 0) is 29.1 Å². The first kappa shape index (κ1) is 25.3. The minimum Gasteiger partial charge on any atom is -0.456 e. The van der Waals surface area contributed by atoms with Crippen LogP contribution in [0.15, 0.2) is 29.2 Å². The second-order valence-corrected chi connectivity index (χ2v) is 9.14. The summed E-state index contributed by atoms with van der Waals surface area (Å²) in [6, 6.07) is 4.91. The van der Waals surface area contributed by atoms with Gasteiger partial charge in [-0.25, -0.2) is 17.9 Å². The van der Waals surface area contributed by atoms with E-state index in [0.29, 0.717) is 5.69 Å².